The molecule has 4 rings (SSSR count). The van der Waals surface area contributed by atoms with Gasteiger partial charge in [0, 0.05) is 37.6 Å². The molecule has 160 valence electrons. The number of carbonyl (C=O) groups is 1. The van der Waals surface area contributed by atoms with Gasteiger partial charge >= 0.3 is 5.97 Å². The second-order valence-electron chi connectivity index (χ2n) is 8.00. The Balaban J connectivity index is 1.34. The number of aliphatic hydroxyl groups is 1. The van der Waals surface area contributed by atoms with E-state index in [-0.39, 0.29) is 12.1 Å². The number of rotatable bonds is 6. The molecule has 2 aromatic rings. The molecule has 1 aromatic heterocycles. The van der Waals surface area contributed by atoms with Gasteiger partial charge in [0.2, 0.25) is 0 Å². The lowest BCUT2D eigenvalue weighted by molar-refractivity contribution is -0.0231. The van der Waals surface area contributed by atoms with Crippen LogP contribution in [0, 0.1) is 11.8 Å². The maximum atomic E-state index is 11.6. The molecule has 1 aromatic carbocycles. The van der Waals surface area contributed by atoms with Crippen molar-refractivity contribution in [2.45, 2.75) is 36.8 Å². The van der Waals surface area contributed by atoms with Crippen molar-refractivity contribution in [3.05, 3.63) is 47.8 Å². The first-order valence-corrected chi connectivity index (χ1v) is 11.4. The highest BCUT2D eigenvalue weighted by Gasteiger charge is 2.42. The minimum atomic E-state index is -0.490. The molecule has 2 heterocycles. The lowest BCUT2D eigenvalue weighted by Gasteiger charge is -2.35. The predicted molar refractivity (Wildman–Crippen MR) is 114 cm³/mol. The number of likely N-dealkylation sites (tertiary alicyclic amines) is 1. The van der Waals surface area contributed by atoms with Crippen LogP contribution in [0.3, 0.4) is 0 Å². The number of aliphatic hydroxyl groups excluding tert-OH is 1. The van der Waals surface area contributed by atoms with Crippen LogP contribution in [-0.4, -0.2) is 64.6 Å². The highest BCUT2D eigenvalue weighted by molar-refractivity contribution is 7.98. The molecule has 30 heavy (non-hydrogen) atoms. The Labute approximate surface area is 180 Å². The molecule has 0 amide bonds. The molecule has 0 unspecified atom stereocenters. The van der Waals surface area contributed by atoms with E-state index >= 15 is 0 Å². The maximum absolute atomic E-state index is 11.6. The Morgan fingerprint density at radius 1 is 1.17 bits per heavy atom. The Morgan fingerprint density at radius 2 is 1.83 bits per heavy atom. The first-order valence-electron chi connectivity index (χ1n) is 10.2. The number of carbonyl (C=O) groups excluding carboxylic acids is 1. The van der Waals surface area contributed by atoms with Crippen LogP contribution in [0.4, 0.5) is 0 Å². The fourth-order valence-electron chi connectivity index (χ4n) is 4.49. The van der Waals surface area contributed by atoms with Gasteiger partial charge in [0.25, 0.3) is 0 Å². The summed E-state index contributed by atoms with van der Waals surface area (Å²) in [5.41, 5.74) is 1.60. The Hall–Kier alpha value is -2.16. The first kappa shape index (κ1) is 21.1. The molecule has 1 saturated heterocycles. The number of hydrogen-bond donors (Lipinski definition) is 1. The van der Waals surface area contributed by atoms with E-state index in [1.807, 2.05) is 18.6 Å². The number of esters is 1. The number of thioether (sulfide) groups is 1. The minimum absolute atomic E-state index is 0.237. The van der Waals surface area contributed by atoms with E-state index in [0.717, 1.165) is 43.2 Å². The number of ether oxygens (including phenoxy) is 2. The van der Waals surface area contributed by atoms with E-state index in [1.54, 1.807) is 36.0 Å². The summed E-state index contributed by atoms with van der Waals surface area (Å²) in [6.45, 7) is 2.80. The van der Waals surface area contributed by atoms with Gasteiger partial charge in [-0.25, -0.2) is 14.8 Å². The van der Waals surface area contributed by atoms with Gasteiger partial charge < -0.3 is 14.6 Å². The van der Waals surface area contributed by atoms with Gasteiger partial charge in [0.1, 0.15) is 11.9 Å². The van der Waals surface area contributed by atoms with Crippen molar-refractivity contribution in [2.24, 2.45) is 11.8 Å². The van der Waals surface area contributed by atoms with Crippen LogP contribution in [-0.2, 0) is 11.3 Å². The summed E-state index contributed by atoms with van der Waals surface area (Å²) in [7, 11) is 1.36. The van der Waals surface area contributed by atoms with Gasteiger partial charge in [0.15, 0.2) is 5.16 Å². The van der Waals surface area contributed by atoms with Crippen LogP contribution in [0.1, 0.15) is 28.8 Å². The third kappa shape index (κ3) is 4.77. The SMILES string of the molecule is COC(=O)c1ccc(O[C@H]2C[C@@H]3CN(Cc4cnc(SC)nc4)C[C@@H]3C[C@@H]2O)cc1. The van der Waals surface area contributed by atoms with Gasteiger partial charge in [-0.05, 0) is 55.2 Å². The quantitative estimate of drug-likeness (QED) is 0.426. The summed E-state index contributed by atoms with van der Waals surface area (Å²) in [4.78, 5) is 22.7. The van der Waals surface area contributed by atoms with Crippen molar-refractivity contribution < 1.29 is 19.4 Å². The van der Waals surface area contributed by atoms with Gasteiger partial charge in [-0.1, -0.05) is 11.8 Å². The second-order valence-corrected chi connectivity index (χ2v) is 8.78. The molecule has 0 bridgehead atoms. The smallest absolute Gasteiger partial charge is 0.337 e. The lowest BCUT2D eigenvalue weighted by Crippen LogP contribution is -2.42. The molecule has 4 atom stereocenters. The topological polar surface area (TPSA) is 84.8 Å². The third-order valence-corrected chi connectivity index (χ3v) is 6.57. The molecule has 1 saturated carbocycles. The summed E-state index contributed by atoms with van der Waals surface area (Å²) in [5.74, 6) is 1.26. The van der Waals surface area contributed by atoms with Crippen LogP contribution < -0.4 is 4.74 Å². The molecule has 2 fully saturated rings. The Morgan fingerprint density at radius 3 is 2.47 bits per heavy atom. The van der Waals surface area contributed by atoms with Gasteiger partial charge in [0.05, 0.1) is 18.8 Å². The van der Waals surface area contributed by atoms with Crippen LogP contribution >= 0.6 is 11.8 Å². The molecule has 1 aliphatic carbocycles. The van der Waals surface area contributed by atoms with Gasteiger partial charge in [-0.3, -0.25) is 4.90 Å². The monoisotopic (exact) mass is 429 g/mol. The minimum Gasteiger partial charge on any atom is -0.488 e. The molecule has 7 nitrogen and oxygen atoms in total. The summed E-state index contributed by atoms with van der Waals surface area (Å²) < 4.78 is 10.8. The highest BCUT2D eigenvalue weighted by atomic mass is 32.2. The molecule has 0 radical (unpaired) electrons. The van der Waals surface area contributed by atoms with Crippen molar-refractivity contribution in [3.63, 3.8) is 0 Å². The second kappa shape index (κ2) is 9.32. The van der Waals surface area contributed by atoms with Gasteiger partial charge in [-0.2, -0.15) is 0 Å². The largest absolute Gasteiger partial charge is 0.488 e. The number of fused-ring (bicyclic) bond motifs is 1. The van der Waals surface area contributed by atoms with Crippen molar-refractivity contribution in [3.8, 4) is 5.75 Å². The van der Waals surface area contributed by atoms with E-state index in [9.17, 15) is 9.90 Å². The lowest BCUT2D eigenvalue weighted by atomic mass is 9.78. The van der Waals surface area contributed by atoms with E-state index in [2.05, 4.69) is 14.9 Å². The van der Waals surface area contributed by atoms with Crippen molar-refractivity contribution in [1.82, 2.24) is 14.9 Å². The first-order chi connectivity index (χ1) is 14.6. The fourth-order valence-corrected chi connectivity index (χ4v) is 4.81. The van der Waals surface area contributed by atoms with Crippen LogP contribution in [0.25, 0.3) is 0 Å². The van der Waals surface area contributed by atoms with Gasteiger partial charge in [-0.15, -0.1) is 0 Å². The van der Waals surface area contributed by atoms with Crippen LogP contribution in [0.5, 0.6) is 5.75 Å². The summed E-state index contributed by atoms with van der Waals surface area (Å²) in [6.07, 6.45) is 6.61. The standard InChI is InChI=1S/C22H27N3O4S/c1-28-21(27)15-3-5-18(6-4-15)29-20-8-17-13-25(12-16(17)7-19(20)26)11-14-9-23-22(30-2)24-10-14/h3-6,9-10,16-17,19-20,26H,7-8,11-13H2,1-2H3/t16-,17+,19-,20-/m0/s1. The van der Waals surface area contributed by atoms with Crippen molar-refractivity contribution in [2.75, 3.05) is 26.5 Å². The molecule has 0 spiro atoms. The van der Waals surface area contributed by atoms with E-state index in [1.165, 1.54) is 7.11 Å². The summed E-state index contributed by atoms with van der Waals surface area (Å²) in [5, 5.41) is 11.4. The molecule has 1 aliphatic heterocycles. The van der Waals surface area contributed by atoms with Crippen molar-refractivity contribution >= 4 is 17.7 Å². The van der Waals surface area contributed by atoms with Crippen LogP contribution in [0.2, 0.25) is 0 Å². The predicted octanol–water partition coefficient (Wildman–Crippen LogP) is 2.64. The number of benzene rings is 1. The molecule has 8 heteroatoms. The fraction of sp³-hybridized carbons (Fsp3) is 0.500. The third-order valence-electron chi connectivity index (χ3n) is 5.99. The number of methoxy groups -OCH3 is 1. The number of hydrogen-bond acceptors (Lipinski definition) is 8. The van der Waals surface area contributed by atoms with Crippen LogP contribution in [0.15, 0.2) is 41.8 Å². The van der Waals surface area contributed by atoms with E-state index in [4.69, 9.17) is 9.47 Å². The van der Waals surface area contributed by atoms with Crippen molar-refractivity contribution in [1.29, 1.82) is 0 Å². The summed E-state index contributed by atoms with van der Waals surface area (Å²) in [6, 6.07) is 6.87. The number of nitrogens with zero attached hydrogens (tertiary/aromatic N) is 3. The Kier molecular flexibility index (Phi) is 6.55. The average molecular weight is 430 g/mol. The van der Waals surface area contributed by atoms with E-state index < -0.39 is 6.10 Å². The molecule has 2 aliphatic rings. The zero-order valence-corrected chi connectivity index (χ0v) is 18.0. The Bertz CT molecular complexity index is 862. The molecular weight excluding hydrogens is 402 g/mol. The zero-order valence-electron chi connectivity index (χ0n) is 17.2. The molecular formula is C22H27N3O4S. The normalized spacial score (nSPS) is 26.2. The maximum Gasteiger partial charge on any atom is 0.337 e. The number of aromatic nitrogens is 2. The highest BCUT2D eigenvalue weighted by Crippen LogP contribution is 2.38. The van der Waals surface area contributed by atoms with E-state index in [0.29, 0.717) is 23.1 Å². The molecule has 1 N–H and O–H groups in total. The average Bonchev–Trinajstić information content (AvgIpc) is 3.15. The summed E-state index contributed by atoms with van der Waals surface area (Å²) >= 11 is 1.54. The zero-order chi connectivity index (χ0) is 21.1.